The summed E-state index contributed by atoms with van der Waals surface area (Å²) in [5.41, 5.74) is 1.95. The van der Waals surface area contributed by atoms with Gasteiger partial charge in [-0.25, -0.2) is 0 Å². The lowest BCUT2D eigenvalue weighted by atomic mass is 9.97. The van der Waals surface area contributed by atoms with E-state index in [0.717, 1.165) is 49.6 Å². The van der Waals surface area contributed by atoms with E-state index in [2.05, 4.69) is 26.1 Å². The highest BCUT2D eigenvalue weighted by Crippen LogP contribution is 2.29. The normalized spacial score (nSPS) is 16.7. The van der Waals surface area contributed by atoms with Crippen LogP contribution in [0.5, 0.6) is 0 Å². The molecule has 0 aromatic carbocycles. The Hall–Kier alpha value is -2.47. The van der Waals surface area contributed by atoms with Crippen molar-refractivity contribution in [3.05, 3.63) is 54.6 Å². The van der Waals surface area contributed by atoms with Crippen LogP contribution in [0, 0.1) is 0 Å². The van der Waals surface area contributed by atoms with Crippen LogP contribution < -0.4 is 0 Å². The average Bonchev–Trinajstić information content (AvgIpc) is 3.28. The van der Waals surface area contributed by atoms with Gasteiger partial charge in [0.05, 0.1) is 17.5 Å². The third-order valence-corrected chi connectivity index (χ3v) is 4.26. The first kappa shape index (κ1) is 14.1. The van der Waals surface area contributed by atoms with Crippen LogP contribution in [0.15, 0.2) is 51.8 Å². The molecule has 118 valence electrons. The average molecular weight is 310 g/mol. The molecule has 1 fully saturated rings. The maximum absolute atomic E-state index is 5.81. The maximum Gasteiger partial charge on any atom is 0.250 e. The Balaban J connectivity index is 1.36. The molecule has 0 atom stereocenters. The van der Waals surface area contributed by atoms with Gasteiger partial charge in [0.25, 0.3) is 5.89 Å². The summed E-state index contributed by atoms with van der Waals surface area (Å²) < 4.78 is 10.9. The Morgan fingerprint density at radius 3 is 2.78 bits per heavy atom. The van der Waals surface area contributed by atoms with E-state index in [9.17, 15) is 0 Å². The van der Waals surface area contributed by atoms with Gasteiger partial charge in [-0.05, 0) is 44.1 Å². The molecule has 0 radical (unpaired) electrons. The highest BCUT2D eigenvalue weighted by Gasteiger charge is 2.25. The monoisotopic (exact) mass is 310 g/mol. The lowest BCUT2D eigenvalue weighted by Crippen LogP contribution is -2.32. The van der Waals surface area contributed by atoms with Crippen molar-refractivity contribution in [1.29, 1.82) is 0 Å². The first-order valence-corrected chi connectivity index (χ1v) is 7.87. The van der Waals surface area contributed by atoms with Gasteiger partial charge < -0.3 is 8.83 Å². The Morgan fingerprint density at radius 1 is 1.13 bits per heavy atom. The molecule has 0 saturated carbocycles. The van der Waals surface area contributed by atoms with Crippen molar-refractivity contribution in [2.45, 2.75) is 25.3 Å². The van der Waals surface area contributed by atoms with E-state index in [1.807, 2.05) is 24.4 Å². The molecule has 1 saturated heterocycles. The topological polar surface area (TPSA) is 68.2 Å². The predicted octanol–water partition coefficient (Wildman–Crippen LogP) is 3.10. The Morgan fingerprint density at radius 2 is 2.04 bits per heavy atom. The number of furan rings is 1. The molecular formula is C17H18N4O2. The van der Waals surface area contributed by atoms with Crippen molar-refractivity contribution in [3.8, 4) is 11.5 Å². The van der Waals surface area contributed by atoms with Gasteiger partial charge in [-0.15, -0.1) is 10.2 Å². The molecule has 0 amide bonds. The van der Waals surface area contributed by atoms with Gasteiger partial charge in [-0.2, -0.15) is 0 Å². The molecule has 0 N–H and O–H groups in total. The number of pyridine rings is 1. The van der Waals surface area contributed by atoms with Crippen LogP contribution in [-0.2, 0) is 6.54 Å². The minimum atomic E-state index is 0.336. The van der Waals surface area contributed by atoms with Crippen LogP contribution in [0.1, 0.15) is 30.3 Å². The molecule has 6 heteroatoms. The number of piperidine rings is 1. The minimum Gasteiger partial charge on any atom is -0.472 e. The SMILES string of the molecule is c1ccc(CN2CCC(c3nnc(-c4ccoc4)o3)CC2)nc1. The molecular weight excluding hydrogens is 292 g/mol. The molecule has 1 aliphatic rings. The summed E-state index contributed by atoms with van der Waals surface area (Å²) in [4.78, 5) is 6.81. The predicted molar refractivity (Wildman–Crippen MR) is 83.5 cm³/mol. The number of likely N-dealkylation sites (tertiary alicyclic amines) is 1. The molecule has 0 bridgehead atoms. The number of hydrogen-bond acceptors (Lipinski definition) is 6. The van der Waals surface area contributed by atoms with Crippen LogP contribution in [0.4, 0.5) is 0 Å². The van der Waals surface area contributed by atoms with E-state index in [0.29, 0.717) is 11.8 Å². The summed E-state index contributed by atoms with van der Waals surface area (Å²) in [5, 5.41) is 8.34. The fourth-order valence-electron chi connectivity index (χ4n) is 2.96. The van der Waals surface area contributed by atoms with Crippen molar-refractivity contribution in [2.75, 3.05) is 13.1 Å². The molecule has 0 aliphatic carbocycles. The summed E-state index contributed by atoms with van der Waals surface area (Å²) in [6, 6.07) is 7.88. The van der Waals surface area contributed by atoms with Crippen molar-refractivity contribution in [2.24, 2.45) is 0 Å². The zero-order chi connectivity index (χ0) is 15.5. The van der Waals surface area contributed by atoms with Gasteiger partial charge in [0.1, 0.15) is 6.26 Å². The van der Waals surface area contributed by atoms with Crippen molar-refractivity contribution in [3.63, 3.8) is 0 Å². The standard InChI is InChI=1S/C17H18N4O2/c1-2-7-18-15(3-1)11-21-8-4-13(5-9-21)16-19-20-17(23-16)14-6-10-22-12-14/h1-3,6-7,10,12-13H,4-5,8-9,11H2. The van der Waals surface area contributed by atoms with Crippen LogP contribution in [0.3, 0.4) is 0 Å². The van der Waals surface area contributed by atoms with E-state index in [1.54, 1.807) is 12.5 Å². The van der Waals surface area contributed by atoms with Gasteiger partial charge in [0, 0.05) is 18.7 Å². The highest BCUT2D eigenvalue weighted by atomic mass is 16.4. The molecule has 6 nitrogen and oxygen atoms in total. The minimum absolute atomic E-state index is 0.336. The van der Waals surface area contributed by atoms with Crippen molar-refractivity contribution >= 4 is 0 Å². The van der Waals surface area contributed by atoms with Gasteiger partial charge in [-0.3, -0.25) is 9.88 Å². The highest BCUT2D eigenvalue weighted by molar-refractivity contribution is 5.49. The quantitative estimate of drug-likeness (QED) is 0.737. The summed E-state index contributed by atoms with van der Waals surface area (Å²) in [5.74, 6) is 1.60. The second-order valence-electron chi connectivity index (χ2n) is 5.83. The zero-order valence-electron chi connectivity index (χ0n) is 12.8. The fourth-order valence-corrected chi connectivity index (χ4v) is 2.96. The van der Waals surface area contributed by atoms with Crippen LogP contribution in [0.2, 0.25) is 0 Å². The molecule has 4 rings (SSSR count). The van der Waals surface area contributed by atoms with Crippen LogP contribution in [-0.4, -0.2) is 33.2 Å². The number of hydrogen-bond donors (Lipinski definition) is 0. The summed E-state index contributed by atoms with van der Waals surface area (Å²) >= 11 is 0. The summed E-state index contributed by atoms with van der Waals surface area (Å²) in [7, 11) is 0. The fraction of sp³-hybridized carbons (Fsp3) is 0.353. The van der Waals surface area contributed by atoms with Crippen LogP contribution in [0.25, 0.3) is 11.5 Å². The molecule has 23 heavy (non-hydrogen) atoms. The molecule has 0 spiro atoms. The molecule has 4 heterocycles. The third-order valence-electron chi connectivity index (χ3n) is 4.26. The summed E-state index contributed by atoms with van der Waals surface area (Å²) in [6.45, 7) is 2.94. The van der Waals surface area contributed by atoms with E-state index >= 15 is 0 Å². The zero-order valence-corrected chi connectivity index (χ0v) is 12.8. The first-order chi connectivity index (χ1) is 11.4. The van der Waals surface area contributed by atoms with Gasteiger partial charge in [0.15, 0.2) is 0 Å². The molecule has 1 aliphatic heterocycles. The Bertz CT molecular complexity index is 731. The third kappa shape index (κ3) is 3.17. The van der Waals surface area contributed by atoms with E-state index in [4.69, 9.17) is 8.83 Å². The molecule has 3 aromatic heterocycles. The van der Waals surface area contributed by atoms with Gasteiger partial charge in [0.2, 0.25) is 5.89 Å². The Labute approximate surface area is 134 Å². The van der Waals surface area contributed by atoms with E-state index in [-0.39, 0.29) is 0 Å². The number of rotatable bonds is 4. The lowest BCUT2D eigenvalue weighted by molar-refractivity contribution is 0.191. The van der Waals surface area contributed by atoms with Crippen LogP contribution >= 0.6 is 0 Å². The first-order valence-electron chi connectivity index (χ1n) is 7.87. The van der Waals surface area contributed by atoms with Crippen molar-refractivity contribution in [1.82, 2.24) is 20.1 Å². The smallest absolute Gasteiger partial charge is 0.250 e. The number of nitrogens with zero attached hydrogens (tertiary/aromatic N) is 4. The second kappa shape index (κ2) is 6.34. The van der Waals surface area contributed by atoms with E-state index < -0.39 is 0 Å². The molecule has 0 unspecified atom stereocenters. The maximum atomic E-state index is 5.81. The Kier molecular flexibility index (Phi) is 3.90. The summed E-state index contributed by atoms with van der Waals surface area (Å²) in [6.07, 6.45) is 7.12. The van der Waals surface area contributed by atoms with E-state index in [1.165, 1.54) is 0 Å². The van der Waals surface area contributed by atoms with Gasteiger partial charge in [-0.1, -0.05) is 6.07 Å². The number of aromatic nitrogens is 3. The molecule has 3 aromatic rings. The lowest BCUT2D eigenvalue weighted by Gasteiger charge is -2.29. The van der Waals surface area contributed by atoms with Crippen molar-refractivity contribution < 1.29 is 8.83 Å². The van der Waals surface area contributed by atoms with Gasteiger partial charge >= 0.3 is 0 Å². The second-order valence-corrected chi connectivity index (χ2v) is 5.83. The largest absolute Gasteiger partial charge is 0.472 e.